The third-order valence-electron chi connectivity index (χ3n) is 5.40. The molecule has 0 bridgehead atoms. The van der Waals surface area contributed by atoms with Gasteiger partial charge in [0.1, 0.15) is 17.3 Å². The molecule has 1 heterocycles. The summed E-state index contributed by atoms with van der Waals surface area (Å²) in [5, 5.41) is 11.1. The van der Waals surface area contributed by atoms with E-state index in [0.717, 1.165) is 12.8 Å². The lowest BCUT2D eigenvalue weighted by atomic mass is 9.95. The van der Waals surface area contributed by atoms with Crippen LogP contribution in [0.1, 0.15) is 36.9 Å². The van der Waals surface area contributed by atoms with Crippen molar-refractivity contribution >= 4 is 17.4 Å². The summed E-state index contributed by atoms with van der Waals surface area (Å²) >= 11 is 0. The predicted octanol–water partition coefficient (Wildman–Crippen LogP) is 3.99. The number of amides is 1. The van der Waals surface area contributed by atoms with E-state index in [9.17, 15) is 19.1 Å². The fourth-order valence-electron chi connectivity index (χ4n) is 3.66. The molecule has 1 unspecified atom stereocenters. The van der Waals surface area contributed by atoms with Crippen LogP contribution < -0.4 is 4.74 Å². The predicted molar refractivity (Wildman–Crippen MR) is 121 cm³/mol. The smallest absolute Gasteiger partial charge is 0.295 e. The van der Waals surface area contributed by atoms with Gasteiger partial charge < -0.3 is 19.6 Å². The Morgan fingerprint density at radius 2 is 1.91 bits per heavy atom. The minimum atomic E-state index is -1.01. The number of hydrogen-bond acceptors (Lipinski definition) is 5. The molecule has 7 heteroatoms. The zero-order chi connectivity index (χ0) is 23.3. The first-order valence-electron chi connectivity index (χ1n) is 10.8. The first-order valence-corrected chi connectivity index (χ1v) is 10.8. The van der Waals surface area contributed by atoms with E-state index in [1.54, 1.807) is 36.4 Å². The number of ketones is 1. The van der Waals surface area contributed by atoms with E-state index in [1.165, 1.54) is 17.0 Å². The van der Waals surface area contributed by atoms with E-state index in [0.29, 0.717) is 24.5 Å². The molecule has 1 atom stereocenters. The summed E-state index contributed by atoms with van der Waals surface area (Å²) in [6, 6.07) is 11.7. The first-order chi connectivity index (χ1) is 15.3. The lowest BCUT2D eigenvalue weighted by Crippen LogP contribution is -2.35. The van der Waals surface area contributed by atoms with Crippen LogP contribution in [0.4, 0.5) is 4.39 Å². The molecule has 1 N–H and O–H groups in total. The summed E-state index contributed by atoms with van der Waals surface area (Å²) in [6.45, 7) is 3.29. The van der Waals surface area contributed by atoms with Gasteiger partial charge in [0.2, 0.25) is 0 Å². The van der Waals surface area contributed by atoms with Crippen LogP contribution in [-0.4, -0.2) is 60.4 Å². The number of likely N-dealkylation sites (tertiary alicyclic amines) is 1. The normalized spacial score (nSPS) is 17.9. The molecule has 3 rings (SSSR count). The van der Waals surface area contributed by atoms with E-state index in [4.69, 9.17) is 4.74 Å². The maximum absolute atomic E-state index is 14.8. The third-order valence-corrected chi connectivity index (χ3v) is 5.40. The number of unbranched alkanes of at least 4 members (excludes halogenated alkanes) is 1. The number of halogens is 1. The Labute approximate surface area is 187 Å². The van der Waals surface area contributed by atoms with Gasteiger partial charge in [0, 0.05) is 24.2 Å². The Morgan fingerprint density at radius 1 is 1.16 bits per heavy atom. The summed E-state index contributed by atoms with van der Waals surface area (Å²) in [4.78, 5) is 29.1. The number of nitrogens with zero attached hydrogens (tertiary/aromatic N) is 2. The fraction of sp³-hybridized carbons (Fsp3) is 0.360. The molecule has 1 saturated heterocycles. The quantitative estimate of drug-likeness (QED) is 0.276. The summed E-state index contributed by atoms with van der Waals surface area (Å²) in [6.07, 6.45) is 1.87. The number of likely N-dealkylation sites (N-methyl/N-ethyl adjacent to an activating group) is 1. The first kappa shape index (κ1) is 23.5. The van der Waals surface area contributed by atoms with Gasteiger partial charge in [-0.25, -0.2) is 4.39 Å². The zero-order valence-electron chi connectivity index (χ0n) is 18.7. The minimum Gasteiger partial charge on any atom is -0.507 e. The topological polar surface area (TPSA) is 70.1 Å². The highest BCUT2D eigenvalue weighted by Gasteiger charge is 2.46. The summed E-state index contributed by atoms with van der Waals surface area (Å²) < 4.78 is 20.5. The minimum absolute atomic E-state index is 0.121. The highest BCUT2D eigenvalue weighted by atomic mass is 19.1. The van der Waals surface area contributed by atoms with Crippen LogP contribution in [-0.2, 0) is 9.59 Å². The van der Waals surface area contributed by atoms with Crippen molar-refractivity contribution in [2.45, 2.75) is 25.8 Å². The van der Waals surface area contributed by atoms with Crippen molar-refractivity contribution in [2.75, 3.05) is 33.8 Å². The van der Waals surface area contributed by atoms with Gasteiger partial charge in [-0.05, 0) is 38.7 Å². The average molecular weight is 441 g/mol. The van der Waals surface area contributed by atoms with Crippen LogP contribution >= 0.6 is 0 Å². The molecule has 0 radical (unpaired) electrons. The van der Waals surface area contributed by atoms with Gasteiger partial charge >= 0.3 is 0 Å². The Morgan fingerprint density at radius 3 is 2.59 bits per heavy atom. The molecule has 2 aromatic carbocycles. The van der Waals surface area contributed by atoms with Crippen molar-refractivity contribution in [2.24, 2.45) is 0 Å². The highest BCUT2D eigenvalue weighted by Crippen LogP contribution is 2.40. The van der Waals surface area contributed by atoms with E-state index in [-0.39, 0.29) is 23.4 Å². The van der Waals surface area contributed by atoms with Gasteiger partial charge in [0.25, 0.3) is 11.7 Å². The molecule has 1 fully saturated rings. The number of aliphatic hydroxyl groups excluding tert-OH is 1. The third kappa shape index (κ3) is 4.99. The average Bonchev–Trinajstić information content (AvgIpc) is 3.02. The van der Waals surface area contributed by atoms with Crippen LogP contribution in [0, 0.1) is 5.82 Å². The van der Waals surface area contributed by atoms with Gasteiger partial charge in [-0.1, -0.05) is 43.7 Å². The molecule has 32 heavy (non-hydrogen) atoms. The van der Waals surface area contributed by atoms with Gasteiger partial charge in [0.15, 0.2) is 0 Å². The van der Waals surface area contributed by atoms with Crippen LogP contribution in [0.15, 0.2) is 54.1 Å². The van der Waals surface area contributed by atoms with E-state index in [2.05, 4.69) is 6.92 Å². The number of aliphatic hydroxyl groups is 1. The molecule has 1 aliphatic heterocycles. The molecule has 170 valence electrons. The van der Waals surface area contributed by atoms with E-state index >= 15 is 0 Å². The van der Waals surface area contributed by atoms with Crippen LogP contribution in [0.5, 0.6) is 5.75 Å². The van der Waals surface area contributed by atoms with Gasteiger partial charge in [0.05, 0.1) is 18.2 Å². The van der Waals surface area contributed by atoms with Crippen molar-refractivity contribution in [1.82, 2.24) is 9.80 Å². The van der Waals surface area contributed by atoms with Crippen molar-refractivity contribution in [3.8, 4) is 5.75 Å². The molecule has 1 amide bonds. The molecule has 6 nitrogen and oxygen atoms in total. The fourth-order valence-corrected chi connectivity index (χ4v) is 3.66. The summed E-state index contributed by atoms with van der Waals surface area (Å²) in [7, 11) is 3.69. The van der Waals surface area contributed by atoms with Gasteiger partial charge in [-0.3, -0.25) is 9.59 Å². The number of carbonyl (C=O) groups excluding carboxylic acids is 2. The molecular weight excluding hydrogens is 411 g/mol. The van der Waals surface area contributed by atoms with E-state index < -0.39 is 23.5 Å². The molecule has 0 aliphatic carbocycles. The second-order valence-corrected chi connectivity index (χ2v) is 8.05. The standard InChI is InChI=1S/C25H29FN2O4/c1-4-5-15-32-18-10-8-9-17(16-18)23(29)21-22(19-11-6-7-12-20(19)26)28(14-13-27(2)3)25(31)24(21)30/h6-12,16,22,29H,4-5,13-15H2,1-3H3. The largest absolute Gasteiger partial charge is 0.507 e. The lowest BCUT2D eigenvalue weighted by Gasteiger charge is -2.26. The zero-order valence-corrected chi connectivity index (χ0v) is 18.7. The summed E-state index contributed by atoms with van der Waals surface area (Å²) in [5.74, 6) is -1.92. The molecule has 2 aromatic rings. The molecule has 0 aromatic heterocycles. The lowest BCUT2D eigenvalue weighted by molar-refractivity contribution is -0.140. The Bertz CT molecular complexity index is 1020. The Balaban J connectivity index is 2.08. The number of Topliss-reactive ketones (excluding diaryl/α,β-unsaturated/α-hetero) is 1. The monoisotopic (exact) mass is 440 g/mol. The highest BCUT2D eigenvalue weighted by molar-refractivity contribution is 6.46. The van der Waals surface area contributed by atoms with Crippen molar-refractivity contribution in [1.29, 1.82) is 0 Å². The number of ether oxygens (including phenoxy) is 1. The molecular formula is C25H29FN2O4. The number of benzene rings is 2. The van der Waals surface area contributed by atoms with Crippen molar-refractivity contribution < 1.29 is 23.8 Å². The van der Waals surface area contributed by atoms with Crippen molar-refractivity contribution in [3.05, 3.63) is 71.0 Å². The second-order valence-electron chi connectivity index (χ2n) is 8.05. The number of hydrogen-bond donors (Lipinski definition) is 1. The Kier molecular flexibility index (Phi) is 7.64. The summed E-state index contributed by atoms with van der Waals surface area (Å²) in [5.41, 5.74) is 0.387. The van der Waals surface area contributed by atoms with Gasteiger partial charge in [-0.15, -0.1) is 0 Å². The van der Waals surface area contributed by atoms with Crippen LogP contribution in [0.3, 0.4) is 0 Å². The second kappa shape index (κ2) is 10.4. The molecule has 0 spiro atoms. The SMILES string of the molecule is CCCCOc1cccc(C(O)=C2C(=O)C(=O)N(CCN(C)C)C2c2ccccc2F)c1. The maximum atomic E-state index is 14.8. The van der Waals surface area contributed by atoms with Crippen LogP contribution in [0.25, 0.3) is 5.76 Å². The maximum Gasteiger partial charge on any atom is 0.295 e. The Hall–Kier alpha value is -3.19. The van der Waals surface area contributed by atoms with Crippen molar-refractivity contribution in [3.63, 3.8) is 0 Å². The molecule has 0 saturated carbocycles. The van der Waals surface area contributed by atoms with Gasteiger partial charge in [-0.2, -0.15) is 0 Å². The number of rotatable bonds is 9. The molecule has 1 aliphatic rings. The van der Waals surface area contributed by atoms with E-state index in [1.807, 2.05) is 19.0 Å². The van der Waals surface area contributed by atoms with Crippen LogP contribution in [0.2, 0.25) is 0 Å². The number of carbonyl (C=O) groups is 2.